The summed E-state index contributed by atoms with van der Waals surface area (Å²) in [5.41, 5.74) is 7.62. The molecule has 3 unspecified atom stereocenters. The van der Waals surface area contributed by atoms with Crippen molar-refractivity contribution in [1.82, 2.24) is 0 Å². The number of anilines is 1. The van der Waals surface area contributed by atoms with E-state index in [-0.39, 0.29) is 5.54 Å². The average molecular weight is 669 g/mol. The zero-order valence-electron chi connectivity index (χ0n) is 28.0. The first-order chi connectivity index (χ1) is 19.9. The molecule has 4 fully saturated rings. The van der Waals surface area contributed by atoms with Crippen molar-refractivity contribution < 1.29 is 16.6 Å². The topological polar surface area (TPSA) is 3.24 Å². The van der Waals surface area contributed by atoms with Crippen LogP contribution in [-0.2, 0) is 29.5 Å². The molecule has 1 heterocycles. The Labute approximate surface area is 263 Å². The molecule has 3 atom stereocenters. The monoisotopic (exact) mass is 669 g/mol. The summed E-state index contributed by atoms with van der Waals surface area (Å²) < 4.78 is 0.806. The molecule has 1 aromatic rings. The van der Waals surface area contributed by atoms with E-state index in [1.165, 1.54) is 51.4 Å². The van der Waals surface area contributed by atoms with E-state index >= 15 is 0 Å². The second kappa shape index (κ2) is 14.0. The van der Waals surface area contributed by atoms with Gasteiger partial charge in [-0.1, -0.05) is 0 Å². The summed E-state index contributed by atoms with van der Waals surface area (Å²) in [5, 5.41) is 0. The van der Waals surface area contributed by atoms with Crippen LogP contribution in [0.1, 0.15) is 168 Å². The number of nitrogens with zero attached hydrogens (tertiary/aromatic N) is 1. The second-order valence-electron chi connectivity index (χ2n) is 15.3. The Hall–Kier alpha value is 0.0734. The van der Waals surface area contributed by atoms with Gasteiger partial charge in [0.15, 0.2) is 0 Å². The van der Waals surface area contributed by atoms with Crippen LogP contribution >= 0.6 is 5.59 Å². The third-order valence-corrected chi connectivity index (χ3v) is 30.9. The molecule has 5 rings (SSSR count). The van der Waals surface area contributed by atoms with Crippen LogP contribution in [0.2, 0.25) is 0 Å². The van der Waals surface area contributed by atoms with E-state index in [1.54, 1.807) is 93.9 Å². The van der Waals surface area contributed by atoms with Crippen LogP contribution in [0.4, 0.5) is 5.69 Å². The van der Waals surface area contributed by atoms with E-state index in [2.05, 4.69) is 64.6 Å². The molecular weight excluding hydrogens is 602 g/mol. The summed E-state index contributed by atoms with van der Waals surface area (Å²) in [4.78, 5) is 3.22. The van der Waals surface area contributed by atoms with E-state index in [4.69, 9.17) is 0 Å². The van der Waals surface area contributed by atoms with E-state index in [0.29, 0.717) is 22.1 Å². The van der Waals surface area contributed by atoms with Crippen LogP contribution in [0, 0.1) is 5.41 Å². The number of benzene rings is 1. The molecule has 0 aromatic heterocycles. The molecule has 3 aliphatic carbocycles. The van der Waals surface area contributed by atoms with Gasteiger partial charge in [0, 0.05) is 0 Å². The van der Waals surface area contributed by atoms with Gasteiger partial charge in [0.05, 0.1) is 0 Å². The van der Waals surface area contributed by atoms with Crippen molar-refractivity contribution in [3.8, 4) is 0 Å². The molecule has 41 heavy (non-hydrogen) atoms. The molecule has 3 heteroatoms. The zero-order chi connectivity index (χ0) is 29.1. The molecular formula is C38H66NPRu. The number of hydrogen-bond acceptors (Lipinski definition) is 1. The Balaban J connectivity index is 1.70. The van der Waals surface area contributed by atoms with Crippen molar-refractivity contribution in [1.29, 1.82) is 0 Å². The first-order valence-electron chi connectivity index (χ1n) is 18.4. The van der Waals surface area contributed by atoms with E-state index < -0.39 is 5.59 Å². The number of rotatable bonds is 10. The summed E-state index contributed by atoms with van der Waals surface area (Å²) in [6.07, 6.45) is 29.9. The summed E-state index contributed by atoms with van der Waals surface area (Å²) >= 11 is 0.371. The van der Waals surface area contributed by atoms with E-state index in [1.807, 2.05) is 0 Å². The molecule has 236 valence electrons. The Morgan fingerprint density at radius 2 is 1.12 bits per heavy atom. The molecule has 3 saturated carbocycles. The summed E-state index contributed by atoms with van der Waals surface area (Å²) in [6.45, 7) is 15.4. The Kier molecular flexibility index (Phi) is 11.1. The fraction of sp³-hybridized carbons (Fsp3) is 0.842. The SMILES string of the molecule is CCc1cccc(CC)c1N1[CH]([Ru][PH](C2CCCCC2)(C2CCCCC2)C2CCCCC2)C(C)(CC)CC1(C)CC. The Morgan fingerprint density at radius 1 is 0.683 bits per heavy atom. The van der Waals surface area contributed by atoms with Crippen LogP contribution in [0.15, 0.2) is 18.2 Å². The minimum atomic E-state index is -1.52. The summed E-state index contributed by atoms with van der Waals surface area (Å²) in [6, 6.07) is 7.36. The quantitative estimate of drug-likeness (QED) is 0.177. The standard InChI is InChI=1S/C20H32N.C18H33P.Ru/c1-7-16-12-11-13-17(8-2)18(16)21-15-19(5,9-3)14-20(21,6)10-4;1-4-10-16(11-5-1)19(17-12-6-2-7-13-17)18-14-8-3-9-15-18;/h11-13,15H,7-10,14H2,1-6H3;16-18H,1-15H2;/q;;-1/p+1. The van der Waals surface area contributed by atoms with Crippen molar-refractivity contribution >= 4 is 11.3 Å². The molecule has 0 amide bonds. The van der Waals surface area contributed by atoms with Crippen LogP contribution < -0.4 is 4.90 Å². The van der Waals surface area contributed by atoms with Gasteiger partial charge in [-0.05, 0) is 0 Å². The molecule has 1 aliphatic heterocycles. The van der Waals surface area contributed by atoms with Crippen molar-refractivity contribution in [3.63, 3.8) is 0 Å². The molecule has 0 bridgehead atoms. The van der Waals surface area contributed by atoms with Crippen molar-refractivity contribution in [2.24, 2.45) is 5.41 Å². The summed E-state index contributed by atoms with van der Waals surface area (Å²) in [5.74, 6) is 0. The predicted octanol–water partition coefficient (Wildman–Crippen LogP) is 11.7. The van der Waals surface area contributed by atoms with Crippen molar-refractivity contribution in [2.45, 2.75) is 197 Å². The van der Waals surface area contributed by atoms with Crippen LogP contribution in [0.5, 0.6) is 0 Å². The fourth-order valence-corrected chi connectivity index (χ4v) is 31.8. The molecule has 4 aliphatic rings. The summed E-state index contributed by atoms with van der Waals surface area (Å²) in [7, 11) is 0. The maximum atomic E-state index is 3.22. The zero-order valence-corrected chi connectivity index (χ0v) is 30.7. The second-order valence-corrected chi connectivity index (χ2v) is 26.5. The number of para-hydroxylation sites is 1. The minimum absolute atomic E-state index is 0.283. The van der Waals surface area contributed by atoms with Gasteiger partial charge >= 0.3 is 265 Å². The van der Waals surface area contributed by atoms with Gasteiger partial charge in [-0.15, -0.1) is 0 Å². The van der Waals surface area contributed by atoms with E-state index in [9.17, 15) is 0 Å². The van der Waals surface area contributed by atoms with Crippen molar-refractivity contribution in [3.05, 3.63) is 29.3 Å². The van der Waals surface area contributed by atoms with Gasteiger partial charge in [0.25, 0.3) is 0 Å². The van der Waals surface area contributed by atoms with Crippen LogP contribution in [0.3, 0.4) is 0 Å². The van der Waals surface area contributed by atoms with Crippen LogP contribution in [-0.4, -0.2) is 27.2 Å². The van der Waals surface area contributed by atoms with Gasteiger partial charge in [-0.2, -0.15) is 0 Å². The maximum absolute atomic E-state index is 3.22. The fourth-order valence-electron chi connectivity index (χ4n) is 10.3. The van der Waals surface area contributed by atoms with Gasteiger partial charge in [-0.25, -0.2) is 0 Å². The predicted molar refractivity (Wildman–Crippen MR) is 182 cm³/mol. The molecule has 1 nitrogen and oxygen atoms in total. The Morgan fingerprint density at radius 3 is 1.49 bits per heavy atom. The number of hydrogen-bond donors (Lipinski definition) is 0. The van der Waals surface area contributed by atoms with Crippen molar-refractivity contribution in [2.75, 3.05) is 4.90 Å². The molecule has 0 radical (unpaired) electrons. The van der Waals surface area contributed by atoms with Crippen LogP contribution in [0.25, 0.3) is 0 Å². The third-order valence-electron chi connectivity index (χ3n) is 12.9. The molecule has 1 aromatic carbocycles. The molecule has 0 N–H and O–H groups in total. The van der Waals surface area contributed by atoms with E-state index in [0.717, 1.165) is 21.6 Å². The first kappa shape index (κ1) is 32.5. The number of aryl methyl sites for hydroxylation is 2. The third kappa shape index (κ3) is 6.16. The van der Waals surface area contributed by atoms with Gasteiger partial charge < -0.3 is 0 Å². The first-order valence-corrected chi connectivity index (χ1v) is 24.1. The molecule has 1 saturated heterocycles. The van der Waals surface area contributed by atoms with Gasteiger partial charge in [-0.3, -0.25) is 0 Å². The average Bonchev–Trinajstić information content (AvgIpc) is 3.26. The Bertz CT molecular complexity index is 907. The van der Waals surface area contributed by atoms with Gasteiger partial charge in [0.2, 0.25) is 0 Å². The normalized spacial score (nSPS) is 31.7. The van der Waals surface area contributed by atoms with Gasteiger partial charge in [0.1, 0.15) is 0 Å². The molecule has 0 spiro atoms.